The average Bonchev–Trinajstić information content (AvgIpc) is 1.90. The quantitative estimate of drug-likeness (QED) is 0.360. The molecule has 54 valence electrons. The maximum atomic E-state index is 2.61. The summed E-state index contributed by atoms with van der Waals surface area (Å²) in [4.78, 5) is 2.40. The third-order valence-corrected chi connectivity index (χ3v) is 5.63. The molecule has 1 aliphatic rings. The van der Waals surface area contributed by atoms with E-state index >= 15 is 0 Å². The predicted molar refractivity (Wildman–Crippen MR) is 51.6 cm³/mol. The summed E-state index contributed by atoms with van der Waals surface area (Å²) in [5.41, 5.74) is 0. The maximum Gasteiger partial charge on any atom is 0.166 e. The summed E-state index contributed by atoms with van der Waals surface area (Å²) in [6, 6.07) is 0. The van der Waals surface area contributed by atoms with Gasteiger partial charge in [0.1, 0.15) is 0 Å². The minimum atomic E-state index is 0.122. The molecule has 4 heteroatoms. The van der Waals surface area contributed by atoms with E-state index < -0.39 is 0 Å². The molecule has 0 N–H and O–H groups in total. The standard InChI is InChI=1S/C5H13IN2Si/c1-7-2-4-8(9-6)5-3-7/h2-5,9H2,1H3. The van der Waals surface area contributed by atoms with Gasteiger partial charge in [0.2, 0.25) is 0 Å². The number of piperazine rings is 1. The van der Waals surface area contributed by atoms with Crippen LogP contribution in [0, 0.1) is 0 Å². The van der Waals surface area contributed by atoms with Gasteiger partial charge in [-0.15, -0.1) is 21.8 Å². The Balaban J connectivity index is 2.18. The average molecular weight is 256 g/mol. The third kappa shape index (κ3) is 2.53. The van der Waals surface area contributed by atoms with Crippen molar-refractivity contribution in [2.24, 2.45) is 0 Å². The zero-order valence-electron chi connectivity index (χ0n) is 5.81. The molecule has 1 fully saturated rings. The van der Waals surface area contributed by atoms with Gasteiger partial charge < -0.3 is 9.47 Å². The smallest absolute Gasteiger partial charge is 0.166 e. The van der Waals surface area contributed by atoms with Crippen LogP contribution >= 0.6 is 21.8 Å². The Morgan fingerprint density at radius 1 is 1.22 bits per heavy atom. The van der Waals surface area contributed by atoms with Crippen LogP contribution in [0.1, 0.15) is 0 Å². The van der Waals surface area contributed by atoms with Gasteiger partial charge in [-0.1, -0.05) is 0 Å². The number of rotatable bonds is 1. The van der Waals surface area contributed by atoms with Gasteiger partial charge in [-0.05, 0) is 7.05 Å². The molecule has 0 saturated carbocycles. The van der Waals surface area contributed by atoms with E-state index in [2.05, 4.69) is 38.3 Å². The van der Waals surface area contributed by atoms with Crippen LogP contribution < -0.4 is 0 Å². The molecule has 9 heavy (non-hydrogen) atoms. The first kappa shape index (κ1) is 7.97. The molecule has 0 aliphatic carbocycles. The van der Waals surface area contributed by atoms with E-state index in [1.807, 2.05) is 0 Å². The highest BCUT2D eigenvalue weighted by Crippen LogP contribution is 1.98. The van der Waals surface area contributed by atoms with E-state index in [0.29, 0.717) is 0 Å². The van der Waals surface area contributed by atoms with Crippen LogP contribution in [0.5, 0.6) is 0 Å². The highest BCUT2D eigenvalue weighted by molar-refractivity contribution is 14.1. The van der Waals surface area contributed by atoms with Crippen molar-refractivity contribution in [1.82, 2.24) is 9.47 Å². The van der Waals surface area contributed by atoms with Crippen LogP contribution in [0.2, 0.25) is 0 Å². The fraction of sp³-hybridized carbons (Fsp3) is 1.00. The fourth-order valence-corrected chi connectivity index (χ4v) is 3.54. The molecule has 2 nitrogen and oxygen atoms in total. The monoisotopic (exact) mass is 256 g/mol. The summed E-state index contributed by atoms with van der Waals surface area (Å²) in [6.45, 7) is 5.17. The van der Waals surface area contributed by atoms with E-state index in [1.165, 1.54) is 26.2 Å². The van der Waals surface area contributed by atoms with Crippen LogP contribution in [0.3, 0.4) is 0 Å². The van der Waals surface area contributed by atoms with Gasteiger partial charge in [0.25, 0.3) is 0 Å². The Bertz CT molecular complexity index is 83.0. The molecule has 1 rings (SSSR count). The second kappa shape index (κ2) is 3.90. The minimum Gasteiger partial charge on any atom is -0.318 e. The highest BCUT2D eigenvalue weighted by Gasteiger charge is 2.11. The lowest BCUT2D eigenvalue weighted by Crippen LogP contribution is -2.44. The van der Waals surface area contributed by atoms with Gasteiger partial charge in [-0.3, -0.25) is 0 Å². The second-order valence-corrected chi connectivity index (χ2v) is 5.72. The van der Waals surface area contributed by atoms with Crippen LogP contribution in [-0.2, 0) is 0 Å². The maximum absolute atomic E-state index is 2.61. The first-order valence-corrected chi connectivity index (χ1v) is 9.04. The van der Waals surface area contributed by atoms with Gasteiger partial charge in [0.15, 0.2) is 7.18 Å². The summed E-state index contributed by atoms with van der Waals surface area (Å²) >= 11 is 2.56. The van der Waals surface area contributed by atoms with Crippen LogP contribution in [0.4, 0.5) is 0 Å². The molecule has 0 radical (unpaired) electrons. The SMILES string of the molecule is CN1CCN([SiH2]I)CC1. The zero-order valence-corrected chi connectivity index (χ0v) is 9.38. The first-order chi connectivity index (χ1) is 4.33. The molecule has 0 aromatic rings. The molecular weight excluding hydrogens is 243 g/mol. The number of likely N-dealkylation sites (N-methyl/N-ethyl adjacent to an activating group) is 1. The second-order valence-electron chi connectivity index (χ2n) is 2.54. The van der Waals surface area contributed by atoms with E-state index in [1.54, 1.807) is 0 Å². The van der Waals surface area contributed by atoms with Crippen molar-refractivity contribution in [3.8, 4) is 0 Å². The van der Waals surface area contributed by atoms with Crippen molar-refractivity contribution >= 4 is 29.0 Å². The Hall–Kier alpha value is 0.867. The third-order valence-electron chi connectivity index (χ3n) is 1.76. The molecule has 0 spiro atoms. The fourth-order valence-electron chi connectivity index (χ4n) is 0.967. The summed E-state index contributed by atoms with van der Waals surface area (Å²) in [5.74, 6) is 0. The van der Waals surface area contributed by atoms with Gasteiger partial charge in [0, 0.05) is 26.2 Å². The zero-order chi connectivity index (χ0) is 6.69. The van der Waals surface area contributed by atoms with Crippen molar-refractivity contribution in [1.29, 1.82) is 0 Å². The largest absolute Gasteiger partial charge is 0.318 e. The summed E-state index contributed by atoms with van der Waals surface area (Å²) in [6.07, 6.45) is 0. The van der Waals surface area contributed by atoms with Gasteiger partial charge >= 0.3 is 0 Å². The molecule has 0 bridgehead atoms. The minimum absolute atomic E-state index is 0.122. The lowest BCUT2D eigenvalue weighted by atomic mass is 10.4. The molecule has 0 unspecified atom stereocenters. The number of halogens is 1. The van der Waals surface area contributed by atoms with Crippen molar-refractivity contribution in [3.63, 3.8) is 0 Å². The normalized spacial score (nSPS) is 26.0. The lowest BCUT2D eigenvalue weighted by Gasteiger charge is -2.30. The highest BCUT2D eigenvalue weighted by atomic mass is 127. The lowest BCUT2D eigenvalue weighted by molar-refractivity contribution is 0.226. The molecular formula is C5H13IN2Si. The van der Waals surface area contributed by atoms with E-state index in [4.69, 9.17) is 0 Å². The summed E-state index contributed by atoms with van der Waals surface area (Å²) < 4.78 is 2.61. The number of hydrogen-bond acceptors (Lipinski definition) is 2. The summed E-state index contributed by atoms with van der Waals surface area (Å²) in [5, 5.41) is 0. The predicted octanol–water partition coefficient (Wildman–Crippen LogP) is -0.332. The Morgan fingerprint density at radius 3 is 2.22 bits per heavy atom. The Labute approximate surface area is 71.7 Å². The van der Waals surface area contributed by atoms with Crippen LogP contribution in [0.15, 0.2) is 0 Å². The summed E-state index contributed by atoms with van der Waals surface area (Å²) in [7, 11) is 2.32. The molecule has 1 heterocycles. The number of hydrogen-bond donors (Lipinski definition) is 0. The van der Waals surface area contributed by atoms with E-state index in [9.17, 15) is 0 Å². The van der Waals surface area contributed by atoms with Crippen LogP contribution in [0.25, 0.3) is 0 Å². The van der Waals surface area contributed by atoms with Gasteiger partial charge in [0.05, 0.1) is 0 Å². The molecule has 0 amide bonds. The topological polar surface area (TPSA) is 6.48 Å². The molecule has 0 atom stereocenters. The molecule has 0 aromatic heterocycles. The molecule has 1 saturated heterocycles. The van der Waals surface area contributed by atoms with Gasteiger partial charge in [-0.25, -0.2) is 0 Å². The van der Waals surface area contributed by atoms with E-state index in [-0.39, 0.29) is 7.18 Å². The number of nitrogens with zero attached hydrogens (tertiary/aromatic N) is 2. The van der Waals surface area contributed by atoms with Crippen molar-refractivity contribution in [2.75, 3.05) is 33.2 Å². The first-order valence-electron chi connectivity index (χ1n) is 3.30. The Morgan fingerprint density at radius 2 is 1.78 bits per heavy atom. The van der Waals surface area contributed by atoms with Gasteiger partial charge in [-0.2, -0.15) is 0 Å². The van der Waals surface area contributed by atoms with E-state index in [0.717, 1.165) is 0 Å². The Kier molecular flexibility index (Phi) is 3.45. The van der Waals surface area contributed by atoms with Crippen LogP contribution in [-0.4, -0.2) is 49.9 Å². The van der Waals surface area contributed by atoms with Crippen molar-refractivity contribution < 1.29 is 0 Å². The van der Waals surface area contributed by atoms with Crippen molar-refractivity contribution in [2.45, 2.75) is 0 Å². The van der Waals surface area contributed by atoms with Crippen molar-refractivity contribution in [3.05, 3.63) is 0 Å². The molecule has 0 aromatic carbocycles. The molecule has 1 aliphatic heterocycles.